The zero-order valence-electron chi connectivity index (χ0n) is 8.60. The molecule has 2 heteroatoms. The lowest BCUT2D eigenvalue weighted by Crippen LogP contribution is -2.22. The van der Waals surface area contributed by atoms with Gasteiger partial charge in [0.05, 0.1) is 0 Å². The van der Waals surface area contributed by atoms with Gasteiger partial charge in [-0.05, 0) is 24.2 Å². The van der Waals surface area contributed by atoms with Gasteiger partial charge in [0.2, 0.25) is 0 Å². The van der Waals surface area contributed by atoms with Gasteiger partial charge in [-0.2, -0.15) is 0 Å². The highest BCUT2D eigenvalue weighted by Crippen LogP contribution is 2.32. The maximum absolute atomic E-state index is 3.07. The molecule has 12 heavy (non-hydrogen) atoms. The third kappa shape index (κ3) is 5.50. The fraction of sp³-hybridized carbons (Fsp3) is 1.00. The van der Waals surface area contributed by atoms with E-state index in [1.807, 2.05) is 0 Å². The first-order chi connectivity index (χ1) is 5.68. The van der Waals surface area contributed by atoms with Crippen LogP contribution in [0.1, 0.15) is 52.4 Å². The van der Waals surface area contributed by atoms with Crippen LogP contribution in [0.3, 0.4) is 0 Å². The van der Waals surface area contributed by atoms with E-state index in [1.54, 1.807) is 0 Å². The molecule has 0 bridgehead atoms. The van der Waals surface area contributed by atoms with Gasteiger partial charge in [0.15, 0.2) is 0 Å². The van der Waals surface area contributed by atoms with E-state index < -0.39 is 0 Å². The Morgan fingerprint density at radius 2 is 1.42 bits per heavy atom. The number of unbranched alkanes of at least 4 members (excludes halogenated alkanes) is 2. The van der Waals surface area contributed by atoms with Gasteiger partial charge in [-0.25, -0.2) is 0 Å². The predicted molar refractivity (Wildman–Crippen MR) is 66.1 cm³/mol. The Balaban J connectivity index is 3.70. The van der Waals surface area contributed by atoms with Crippen molar-refractivity contribution in [2.24, 2.45) is 0 Å². The predicted octanol–water partition coefficient (Wildman–Crippen LogP) is 3.86. The molecule has 0 amide bonds. The molecule has 0 aliphatic carbocycles. The molecule has 0 rings (SSSR count). The second-order valence-electron chi connectivity index (χ2n) is 3.77. The van der Waals surface area contributed by atoms with Crippen LogP contribution in [0, 0.1) is 0 Å². The Labute approximate surface area is 82.7 Å². The maximum Gasteiger partial charge on any atom is -0.0116 e. The molecule has 0 N–H and O–H groups in total. The first-order valence-corrected chi connectivity index (χ1v) is 6.57. The summed E-state index contributed by atoms with van der Waals surface area (Å²) >= 11 is 0. The lowest BCUT2D eigenvalue weighted by molar-refractivity contribution is 0.503. The van der Waals surface area contributed by atoms with Gasteiger partial charge < -0.3 is 0 Å². The summed E-state index contributed by atoms with van der Waals surface area (Å²) in [5.74, 6) is 0. The van der Waals surface area contributed by atoms with E-state index in [2.05, 4.69) is 32.3 Å². The number of hydrogen-bond donors (Lipinski definition) is 0. The molecule has 2 atom stereocenters. The summed E-state index contributed by atoms with van der Waals surface area (Å²) in [7, 11) is 5.96. The molecule has 0 fully saturated rings. The zero-order chi connectivity index (χ0) is 9.45. The molecule has 0 aromatic heterocycles. The van der Waals surface area contributed by atoms with Gasteiger partial charge in [0.25, 0.3) is 0 Å². The monoisotopic (exact) mass is 206 g/mol. The van der Waals surface area contributed by atoms with Crippen LogP contribution < -0.4 is 0 Å². The van der Waals surface area contributed by atoms with Crippen LogP contribution in [-0.2, 0) is 0 Å². The summed E-state index contributed by atoms with van der Waals surface area (Å²) in [6, 6.07) is 0. The largest absolute Gasteiger partial charge is 0.137 e. The van der Waals surface area contributed by atoms with Crippen LogP contribution in [0.4, 0.5) is 0 Å². The molecule has 0 saturated heterocycles. The van der Waals surface area contributed by atoms with Gasteiger partial charge in [0.1, 0.15) is 0 Å². The van der Waals surface area contributed by atoms with Crippen molar-refractivity contribution >= 4 is 18.5 Å². The fourth-order valence-electron chi connectivity index (χ4n) is 1.39. The second-order valence-corrected chi connectivity index (χ2v) is 5.41. The summed E-state index contributed by atoms with van der Waals surface area (Å²) in [5.41, 5.74) is 0. The summed E-state index contributed by atoms with van der Waals surface area (Å²) < 4.78 is 0. The van der Waals surface area contributed by atoms with Gasteiger partial charge >= 0.3 is 0 Å². The van der Waals surface area contributed by atoms with E-state index in [0.717, 1.165) is 0 Å². The highest BCUT2D eigenvalue weighted by atomic mass is 31.0. The van der Waals surface area contributed by atoms with E-state index in [4.69, 9.17) is 0 Å². The topological polar surface area (TPSA) is 0 Å². The van der Waals surface area contributed by atoms with Crippen molar-refractivity contribution < 1.29 is 0 Å². The highest BCUT2D eigenvalue weighted by molar-refractivity contribution is 7.23. The molecule has 2 unspecified atom stereocenters. The molecule has 0 aliphatic rings. The van der Waals surface area contributed by atoms with E-state index in [1.165, 1.54) is 44.7 Å². The molecule has 0 aliphatic heterocycles. The second kappa shape index (κ2) is 7.28. The highest BCUT2D eigenvalue weighted by Gasteiger charge is 2.20. The summed E-state index contributed by atoms with van der Waals surface area (Å²) in [6.07, 6.45) is 9.39. The summed E-state index contributed by atoms with van der Waals surface area (Å²) in [6.45, 7) is 4.54. The fourth-order valence-corrected chi connectivity index (χ4v) is 2.20. The van der Waals surface area contributed by atoms with E-state index in [9.17, 15) is 0 Å². The lowest BCUT2D eigenvalue weighted by Gasteiger charge is -2.27. The zero-order valence-corrected chi connectivity index (χ0v) is 10.9. The van der Waals surface area contributed by atoms with Crippen molar-refractivity contribution in [1.29, 1.82) is 0 Å². The first-order valence-electron chi connectivity index (χ1n) is 5.17. The Morgan fingerprint density at radius 3 is 1.67 bits per heavy atom. The molecular weight excluding hydrogens is 182 g/mol. The minimum absolute atomic E-state index is 0.524. The average Bonchev–Trinajstić information content (AvgIpc) is 2.11. The van der Waals surface area contributed by atoms with Crippen molar-refractivity contribution in [2.75, 3.05) is 6.16 Å². The van der Waals surface area contributed by atoms with Crippen LogP contribution in [-0.4, -0.2) is 11.3 Å². The minimum atomic E-state index is 0.524. The Kier molecular flexibility index (Phi) is 7.80. The molecule has 0 aromatic carbocycles. The molecule has 0 radical (unpaired) electrons. The van der Waals surface area contributed by atoms with Gasteiger partial charge in [0, 0.05) is 0 Å². The third-order valence-corrected chi connectivity index (χ3v) is 4.56. The minimum Gasteiger partial charge on any atom is -0.137 e. The Morgan fingerprint density at radius 1 is 1.00 bits per heavy atom. The van der Waals surface area contributed by atoms with Crippen molar-refractivity contribution in [3.8, 4) is 0 Å². The maximum atomic E-state index is 3.07. The quantitative estimate of drug-likeness (QED) is 0.555. The van der Waals surface area contributed by atoms with Crippen LogP contribution in [0.5, 0.6) is 0 Å². The van der Waals surface area contributed by atoms with Crippen LogP contribution in [0.25, 0.3) is 0 Å². The van der Waals surface area contributed by atoms with Gasteiger partial charge in [-0.15, -0.1) is 18.5 Å². The standard InChI is InChI=1S/C10H24P2/c1-3-5-7-10(12,9-11)8-6-4-2/h3-9,11-12H2,1-2H3. The molecule has 0 saturated carbocycles. The van der Waals surface area contributed by atoms with Crippen LogP contribution in [0.2, 0.25) is 0 Å². The lowest BCUT2D eigenvalue weighted by atomic mass is 9.97. The van der Waals surface area contributed by atoms with Crippen molar-refractivity contribution in [3.05, 3.63) is 0 Å². The molecule has 74 valence electrons. The van der Waals surface area contributed by atoms with E-state index in [-0.39, 0.29) is 0 Å². The molecular formula is C10H24P2. The van der Waals surface area contributed by atoms with Crippen LogP contribution in [0.15, 0.2) is 0 Å². The summed E-state index contributed by atoms with van der Waals surface area (Å²) in [4.78, 5) is 0. The average molecular weight is 206 g/mol. The third-order valence-electron chi connectivity index (χ3n) is 2.46. The summed E-state index contributed by atoms with van der Waals surface area (Å²) in [5, 5.41) is 0.524. The Hall–Kier alpha value is 0.860. The van der Waals surface area contributed by atoms with Gasteiger partial charge in [-0.1, -0.05) is 39.5 Å². The van der Waals surface area contributed by atoms with Crippen molar-refractivity contribution in [2.45, 2.75) is 57.5 Å². The van der Waals surface area contributed by atoms with E-state index in [0.29, 0.717) is 5.16 Å². The smallest absolute Gasteiger partial charge is 0.0116 e. The first kappa shape index (κ1) is 12.9. The van der Waals surface area contributed by atoms with Crippen LogP contribution >= 0.6 is 18.5 Å². The molecule has 0 aromatic rings. The molecule has 0 nitrogen and oxygen atoms in total. The van der Waals surface area contributed by atoms with Crippen molar-refractivity contribution in [1.82, 2.24) is 0 Å². The number of rotatable bonds is 7. The van der Waals surface area contributed by atoms with Gasteiger partial charge in [-0.3, -0.25) is 0 Å². The van der Waals surface area contributed by atoms with E-state index >= 15 is 0 Å². The Bertz CT molecular complexity index is 94.0. The van der Waals surface area contributed by atoms with Crippen molar-refractivity contribution in [3.63, 3.8) is 0 Å². The normalized spacial score (nSPS) is 12.0. The number of hydrogen-bond acceptors (Lipinski definition) is 0. The SMILES string of the molecule is CCCCC(P)(CP)CCCC. The molecule has 0 heterocycles. The molecule has 0 spiro atoms.